The highest BCUT2D eigenvalue weighted by Gasteiger charge is 2.35. The second-order valence-electron chi connectivity index (χ2n) is 6.03. The van der Waals surface area contributed by atoms with E-state index in [1.54, 1.807) is 19.2 Å². The van der Waals surface area contributed by atoms with Crippen molar-refractivity contribution in [2.24, 2.45) is 0 Å². The largest absolute Gasteiger partial charge is 0.496 e. The summed E-state index contributed by atoms with van der Waals surface area (Å²) in [6.45, 7) is 0. The average Bonchev–Trinajstić information content (AvgIpc) is 2.71. The number of carbonyl (C=O) groups is 2. The van der Waals surface area contributed by atoms with Gasteiger partial charge in [0.15, 0.2) is 0 Å². The zero-order valence-electron chi connectivity index (χ0n) is 13.2. The summed E-state index contributed by atoms with van der Waals surface area (Å²) in [5, 5.41) is 9.57. The van der Waals surface area contributed by atoms with Crippen molar-refractivity contribution in [3.63, 3.8) is 0 Å². The van der Waals surface area contributed by atoms with Crippen molar-refractivity contribution in [1.82, 2.24) is 0 Å². The lowest BCUT2D eigenvalue weighted by atomic mass is 9.82. The number of ether oxygens (including phenoxy) is 2. The Bertz CT molecular complexity index is 868. The molecule has 1 heterocycles. The number of fused-ring (bicyclic) bond motifs is 2. The summed E-state index contributed by atoms with van der Waals surface area (Å²) in [6, 6.07) is 8.40. The number of carboxylic acid groups (broad SMARTS) is 1. The minimum absolute atomic E-state index is 0.114. The van der Waals surface area contributed by atoms with Crippen LogP contribution in [-0.2, 0) is 11.2 Å². The van der Waals surface area contributed by atoms with Crippen molar-refractivity contribution in [2.75, 3.05) is 7.11 Å². The van der Waals surface area contributed by atoms with Crippen LogP contribution in [0.3, 0.4) is 0 Å². The third kappa shape index (κ3) is 2.01. The van der Waals surface area contributed by atoms with E-state index in [1.807, 2.05) is 12.1 Å². The minimum atomic E-state index is -1.06. The van der Waals surface area contributed by atoms with Crippen molar-refractivity contribution in [3.8, 4) is 16.9 Å². The van der Waals surface area contributed by atoms with Crippen molar-refractivity contribution >= 4 is 11.9 Å². The fourth-order valence-corrected chi connectivity index (χ4v) is 3.79. The molecule has 0 unspecified atom stereocenters. The first-order valence-electron chi connectivity index (χ1n) is 7.89. The number of benzene rings is 2. The minimum Gasteiger partial charge on any atom is -0.496 e. The predicted molar refractivity (Wildman–Crippen MR) is 86.5 cm³/mol. The maximum Gasteiger partial charge on any atom is 0.339 e. The first-order chi connectivity index (χ1) is 11.6. The van der Waals surface area contributed by atoms with E-state index in [1.165, 1.54) is 6.07 Å². The predicted octanol–water partition coefficient (Wildman–Crippen LogP) is 3.61. The van der Waals surface area contributed by atoms with E-state index in [0.717, 1.165) is 41.7 Å². The molecule has 1 N–H and O–H groups in total. The van der Waals surface area contributed by atoms with Crippen LogP contribution in [0.1, 0.15) is 50.8 Å². The molecule has 2 aliphatic rings. The van der Waals surface area contributed by atoms with Gasteiger partial charge in [-0.05, 0) is 43.0 Å². The Hall–Kier alpha value is -2.82. The molecule has 0 bridgehead atoms. The molecular formula is C19H16O5. The highest BCUT2D eigenvalue weighted by Crippen LogP contribution is 2.47. The number of methoxy groups -OCH3 is 1. The molecule has 0 saturated carbocycles. The van der Waals surface area contributed by atoms with Crippen molar-refractivity contribution in [2.45, 2.75) is 25.4 Å². The van der Waals surface area contributed by atoms with Gasteiger partial charge in [0.1, 0.15) is 11.9 Å². The average molecular weight is 324 g/mol. The monoisotopic (exact) mass is 324 g/mol. The van der Waals surface area contributed by atoms with E-state index in [4.69, 9.17) is 9.47 Å². The molecule has 0 fully saturated rings. The second kappa shape index (κ2) is 5.37. The van der Waals surface area contributed by atoms with Gasteiger partial charge in [-0.25, -0.2) is 9.59 Å². The summed E-state index contributed by atoms with van der Waals surface area (Å²) in [7, 11) is 1.61. The molecule has 2 aromatic rings. The molecule has 122 valence electrons. The van der Waals surface area contributed by atoms with E-state index in [9.17, 15) is 14.7 Å². The lowest BCUT2D eigenvalue weighted by Gasteiger charge is -2.27. The van der Waals surface area contributed by atoms with Gasteiger partial charge in [0.25, 0.3) is 0 Å². The maximum absolute atomic E-state index is 12.6. The van der Waals surface area contributed by atoms with Crippen LogP contribution in [-0.4, -0.2) is 24.2 Å². The Morgan fingerprint density at radius 2 is 2.08 bits per heavy atom. The van der Waals surface area contributed by atoms with Gasteiger partial charge in [-0.3, -0.25) is 0 Å². The van der Waals surface area contributed by atoms with E-state index in [-0.39, 0.29) is 11.7 Å². The van der Waals surface area contributed by atoms with Gasteiger partial charge >= 0.3 is 11.9 Å². The Balaban J connectivity index is 2.10. The van der Waals surface area contributed by atoms with Gasteiger partial charge in [0, 0.05) is 16.7 Å². The number of hydrogen-bond acceptors (Lipinski definition) is 4. The van der Waals surface area contributed by atoms with E-state index >= 15 is 0 Å². The Morgan fingerprint density at radius 3 is 2.83 bits per heavy atom. The SMILES string of the molecule is COc1ccc2c3c1CCC[C@@H]3OC(=O)c1cccc(C(=O)O)c1-2. The zero-order chi connectivity index (χ0) is 16.8. The van der Waals surface area contributed by atoms with Crippen LogP contribution >= 0.6 is 0 Å². The third-order valence-corrected chi connectivity index (χ3v) is 4.78. The standard InChI is InChI=1S/C19H16O5/c1-23-14-9-8-11-16-12(18(20)21)5-2-6-13(16)19(22)24-15-7-3-4-10(14)17(11)15/h2,5-6,8-9,15H,3-4,7H2,1H3,(H,20,21)/t15-/m0/s1. The molecule has 0 amide bonds. The molecule has 5 nitrogen and oxygen atoms in total. The highest BCUT2D eigenvalue weighted by molar-refractivity contribution is 6.07. The Labute approximate surface area is 138 Å². The molecule has 0 radical (unpaired) electrons. The van der Waals surface area contributed by atoms with Crippen LogP contribution in [0.25, 0.3) is 11.1 Å². The van der Waals surface area contributed by atoms with Crippen LogP contribution in [0.5, 0.6) is 5.75 Å². The normalized spacial score (nSPS) is 18.0. The van der Waals surface area contributed by atoms with Crippen molar-refractivity contribution in [3.05, 3.63) is 52.6 Å². The second-order valence-corrected chi connectivity index (χ2v) is 6.03. The lowest BCUT2D eigenvalue weighted by Crippen LogP contribution is -2.16. The summed E-state index contributed by atoms with van der Waals surface area (Å²) < 4.78 is 11.2. The van der Waals surface area contributed by atoms with Gasteiger partial charge < -0.3 is 14.6 Å². The van der Waals surface area contributed by atoms with Gasteiger partial charge in [-0.1, -0.05) is 12.1 Å². The van der Waals surface area contributed by atoms with Crippen molar-refractivity contribution < 1.29 is 24.2 Å². The van der Waals surface area contributed by atoms with Crippen LogP contribution in [0.15, 0.2) is 30.3 Å². The zero-order valence-corrected chi connectivity index (χ0v) is 13.2. The number of carboxylic acids is 1. The van der Waals surface area contributed by atoms with Crippen LogP contribution in [0.4, 0.5) is 0 Å². The summed E-state index contributed by atoms with van der Waals surface area (Å²) in [4.78, 5) is 24.3. The molecule has 5 heteroatoms. The highest BCUT2D eigenvalue weighted by atomic mass is 16.5. The molecule has 4 rings (SSSR count). The molecule has 2 aromatic carbocycles. The van der Waals surface area contributed by atoms with Gasteiger partial charge in [0.2, 0.25) is 0 Å². The fraction of sp³-hybridized carbons (Fsp3) is 0.263. The van der Waals surface area contributed by atoms with Crippen molar-refractivity contribution in [1.29, 1.82) is 0 Å². The van der Waals surface area contributed by atoms with E-state index < -0.39 is 11.9 Å². The third-order valence-electron chi connectivity index (χ3n) is 4.78. The number of rotatable bonds is 2. The molecule has 1 aliphatic carbocycles. The first-order valence-corrected chi connectivity index (χ1v) is 7.89. The van der Waals surface area contributed by atoms with Gasteiger partial charge in [0.05, 0.1) is 18.2 Å². The number of hydrogen-bond donors (Lipinski definition) is 1. The maximum atomic E-state index is 12.6. The molecule has 0 saturated heterocycles. The number of aromatic carboxylic acids is 1. The van der Waals surface area contributed by atoms with Crippen LogP contribution in [0.2, 0.25) is 0 Å². The summed E-state index contributed by atoms with van der Waals surface area (Å²) in [5.41, 5.74) is 3.51. The molecular weight excluding hydrogens is 308 g/mol. The van der Waals surface area contributed by atoms with Gasteiger partial charge in [-0.15, -0.1) is 0 Å². The Kier molecular flexibility index (Phi) is 3.30. The first kappa shape index (κ1) is 14.8. The molecule has 0 spiro atoms. The topological polar surface area (TPSA) is 72.8 Å². The molecule has 1 atom stereocenters. The molecule has 0 aromatic heterocycles. The number of carbonyl (C=O) groups excluding carboxylic acids is 1. The summed E-state index contributed by atoms with van der Waals surface area (Å²) >= 11 is 0. The smallest absolute Gasteiger partial charge is 0.339 e. The quantitative estimate of drug-likeness (QED) is 0.854. The fourth-order valence-electron chi connectivity index (χ4n) is 3.79. The molecule has 1 aliphatic heterocycles. The van der Waals surface area contributed by atoms with Crippen LogP contribution < -0.4 is 4.74 Å². The number of esters is 1. The summed E-state index contributed by atoms with van der Waals surface area (Å²) in [5.74, 6) is -0.773. The lowest BCUT2D eigenvalue weighted by molar-refractivity contribution is 0.0265. The summed E-state index contributed by atoms with van der Waals surface area (Å²) in [6.07, 6.45) is 2.09. The van der Waals surface area contributed by atoms with E-state index in [2.05, 4.69) is 0 Å². The van der Waals surface area contributed by atoms with Gasteiger partial charge in [-0.2, -0.15) is 0 Å². The van der Waals surface area contributed by atoms with Crippen LogP contribution in [0, 0.1) is 0 Å². The van der Waals surface area contributed by atoms with E-state index in [0.29, 0.717) is 11.1 Å². The molecule has 24 heavy (non-hydrogen) atoms. The Morgan fingerprint density at radius 1 is 1.25 bits per heavy atom.